The fraction of sp³-hybridized carbons (Fsp3) is 0.636. The number of nitrogens with zero attached hydrogens (tertiary/aromatic N) is 3. The molecule has 3 nitrogen and oxygen atoms in total. The van der Waals surface area contributed by atoms with Crippen LogP contribution in [0.5, 0.6) is 0 Å². The van der Waals surface area contributed by atoms with Gasteiger partial charge in [0.05, 0.1) is 6.20 Å². The molecule has 0 aliphatic carbocycles. The van der Waals surface area contributed by atoms with E-state index in [9.17, 15) is 0 Å². The molecule has 1 heterocycles. The minimum absolute atomic E-state index is 0.421. The first-order valence-electron chi connectivity index (χ1n) is 5.27. The number of alkyl halides is 1. The molecular formula is C11H18ClN3. The number of rotatable bonds is 5. The zero-order valence-corrected chi connectivity index (χ0v) is 10.3. The molecule has 0 N–H and O–H groups in total. The lowest BCUT2D eigenvalue weighted by Crippen LogP contribution is -2.32. The zero-order valence-electron chi connectivity index (χ0n) is 9.57. The Hall–Kier alpha value is -0.830. The Kier molecular flexibility index (Phi) is 4.82. The minimum Gasteiger partial charge on any atom is -0.353 e. The van der Waals surface area contributed by atoms with Crippen molar-refractivity contribution in [2.45, 2.75) is 33.2 Å². The summed E-state index contributed by atoms with van der Waals surface area (Å²) in [7, 11) is 0. The van der Waals surface area contributed by atoms with Gasteiger partial charge in [-0.1, -0.05) is 0 Å². The molecule has 0 spiro atoms. The van der Waals surface area contributed by atoms with Gasteiger partial charge < -0.3 is 4.90 Å². The van der Waals surface area contributed by atoms with Crippen LogP contribution in [0.2, 0.25) is 0 Å². The van der Waals surface area contributed by atoms with E-state index in [1.165, 1.54) is 0 Å². The van der Waals surface area contributed by atoms with Crippen LogP contribution in [0.3, 0.4) is 0 Å². The van der Waals surface area contributed by atoms with Crippen molar-refractivity contribution in [1.29, 1.82) is 0 Å². The second-order valence-electron chi connectivity index (χ2n) is 3.92. The molecule has 84 valence electrons. The van der Waals surface area contributed by atoms with Crippen LogP contribution in [0.4, 0.5) is 5.82 Å². The van der Waals surface area contributed by atoms with Gasteiger partial charge in [-0.2, -0.15) is 5.10 Å². The molecule has 1 rings (SSSR count). The molecule has 0 aliphatic rings. The third-order valence-corrected chi connectivity index (χ3v) is 2.50. The van der Waals surface area contributed by atoms with Crippen LogP contribution in [-0.4, -0.2) is 28.7 Å². The van der Waals surface area contributed by atoms with Crippen molar-refractivity contribution in [3.8, 4) is 0 Å². The molecule has 0 saturated heterocycles. The maximum absolute atomic E-state index is 5.71. The fourth-order valence-electron chi connectivity index (χ4n) is 1.46. The summed E-state index contributed by atoms with van der Waals surface area (Å²) in [5, 5.41) is 8.12. The normalized spacial score (nSPS) is 10.7. The Morgan fingerprint density at radius 2 is 2.20 bits per heavy atom. The molecule has 0 radical (unpaired) electrons. The van der Waals surface area contributed by atoms with Gasteiger partial charge in [0.1, 0.15) is 0 Å². The number of anilines is 1. The fourth-order valence-corrected chi connectivity index (χ4v) is 1.58. The molecule has 15 heavy (non-hydrogen) atoms. The number of halogens is 1. The third-order valence-electron chi connectivity index (χ3n) is 2.23. The van der Waals surface area contributed by atoms with Crippen LogP contribution in [-0.2, 0) is 0 Å². The summed E-state index contributed by atoms with van der Waals surface area (Å²) < 4.78 is 0. The molecule has 0 saturated carbocycles. The quantitative estimate of drug-likeness (QED) is 0.725. The highest BCUT2D eigenvalue weighted by Gasteiger charge is 2.11. The van der Waals surface area contributed by atoms with Gasteiger partial charge in [-0.25, -0.2) is 0 Å². The molecule has 0 unspecified atom stereocenters. The number of aromatic nitrogens is 2. The lowest BCUT2D eigenvalue weighted by Gasteiger charge is -2.27. The molecule has 0 bridgehead atoms. The highest BCUT2D eigenvalue weighted by Crippen LogP contribution is 2.14. The van der Waals surface area contributed by atoms with Gasteiger partial charge in [-0.3, -0.25) is 0 Å². The highest BCUT2D eigenvalue weighted by molar-refractivity contribution is 6.17. The molecule has 1 aromatic rings. The SMILES string of the molecule is Cc1cnnc(N(CCCCl)C(C)C)c1. The molecule has 0 aromatic carbocycles. The Bertz CT molecular complexity index is 302. The van der Waals surface area contributed by atoms with Crippen LogP contribution in [0.1, 0.15) is 25.8 Å². The van der Waals surface area contributed by atoms with Crippen molar-refractivity contribution in [1.82, 2.24) is 10.2 Å². The summed E-state index contributed by atoms with van der Waals surface area (Å²) in [6, 6.07) is 2.48. The van der Waals surface area contributed by atoms with Gasteiger partial charge in [0, 0.05) is 18.5 Å². The number of hydrogen-bond acceptors (Lipinski definition) is 3. The predicted molar refractivity (Wildman–Crippen MR) is 64.6 cm³/mol. The lowest BCUT2D eigenvalue weighted by atomic mass is 10.2. The van der Waals surface area contributed by atoms with Crippen LogP contribution >= 0.6 is 11.6 Å². The van der Waals surface area contributed by atoms with E-state index in [-0.39, 0.29) is 0 Å². The molecule has 4 heteroatoms. The van der Waals surface area contributed by atoms with Crippen LogP contribution in [0.25, 0.3) is 0 Å². The first-order valence-corrected chi connectivity index (χ1v) is 5.80. The molecule has 0 fully saturated rings. The molecule has 0 amide bonds. The van der Waals surface area contributed by atoms with Crippen molar-refractivity contribution in [2.24, 2.45) is 0 Å². The second-order valence-corrected chi connectivity index (χ2v) is 4.30. The van der Waals surface area contributed by atoms with Crippen molar-refractivity contribution in [2.75, 3.05) is 17.3 Å². The minimum atomic E-state index is 0.421. The Labute approximate surface area is 96.5 Å². The second kappa shape index (κ2) is 5.91. The standard InChI is InChI=1S/C11H18ClN3/c1-9(2)15(6-4-5-12)11-7-10(3)8-13-14-11/h7-9H,4-6H2,1-3H3. The number of hydrogen-bond donors (Lipinski definition) is 0. The van der Waals surface area contributed by atoms with Crippen molar-refractivity contribution in [3.05, 3.63) is 17.8 Å². The van der Waals surface area contributed by atoms with Gasteiger partial charge in [-0.15, -0.1) is 16.7 Å². The molecule has 1 aromatic heterocycles. The van der Waals surface area contributed by atoms with Gasteiger partial charge in [0.15, 0.2) is 5.82 Å². The van der Waals surface area contributed by atoms with Crippen LogP contribution < -0.4 is 4.90 Å². The highest BCUT2D eigenvalue weighted by atomic mass is 35.5. The van der Waals surface area contributed by atoms with Crippen LogP contribution in [0, 0.1) is 6.92 Å². The molecule has 0 aliphatic heterocycles. The maximum Gasteiger partial charge on any atom is 0.151 e. The van der Waals surface area contributed by atoms with Crippen molar-refractivity contribution < 1.29 is 0 Å². The van der Waals surface area contributed by atoms with E-state index in [0.29, 0.717) is 11.9 Å². The van der Waals surface area contributed by atoms with Crippen molar-refractivity contribution >= 4 is 17.4 Å². The summed E-state index contributed by atoms with van der Waals surface area (Å²) in [4.78, 5) is 2.22. The van der Waals surface area contributed by atoms with E-state index in [1.54, 1.807) is 6.20 Å². The number of aryl methyl sites for hydroxylation is 1. The summed E-state index contributed by atoms with van der Waals surface area (Å²) in [6.45, 7) is 7.26. The predicted octanol–water partition coefficient (Wildman–Crippen LogP) is 2.63. The van der Waals surface area contributed by atoms with E-state index in [1.807, 2.05) is 6.92 Å². The summed E-state index contributed by atoms with van der Waals surface area (Å²) in [5.41, 5.74) is 1.14. The van der Waals surface area contributed by atoms with E-state index >= 15 is 0 Å². The van der Waals surface area contributed by atoms with E-state index in [2.05, 4.69) is 35.0 Å². The summed E-state index contributed by atoms with van der Waals surface area (Å²) in [6.07, 6.45) is 2.74. The Morgan fingerprint density at radius 3 is 2.73 bits per heavy atom. The van der Waals surface area contributed by atoms with E-state index in [4.69, 9.17) is 11.6 Å². The third kappa shape index (κ3) is 3.67. The zero-order chi connectivity index (χ0) is 11.3. The summed E-state index contributed by atoms with van der Waals surface area (Å²) in [5.74, 6) is 1.62. The smallest absolute Gasteiger partial charge is 0.151 e. The van der Waals surface area contributed by atoms with E-state index < -0.39 is 0 Å². The monoisotopic (exact) mass is 227 g/mol. The van der Waals surface area contributed by atoms with Gasteiger partial charge in [0.2, 0.25) is 0 Å². The Balaban J connectivity index is 2.79. The maximum atomic E-state index is 5.71. The lowest BCUT2D eigenvalue weighted by molar-refractivity contribution is 0.657. The van der Waals surface area contributed by atoms with E-state index in [0.717, 1.165) is 24.3 Å². The van der Waals surface area contributed by atoms with Gasteiger partial charge in [-0.05, 0) is 38.8 Å². The largest absolute Gasteiger partial charge is 0.353 e. The molecular weight excluding hydrogens is 210 g/mol. The first-order chi connectivity index (χ1) is 7.15. The van der Waals surface area contributed by atoms with Gasteiger partial charge >= 0.3 is 0 Å². The average Bonchev–Trinajstić information content (AvgIpc) is 2.18. The first kappa shape index (κ1) is 12.2. The average molecular weight is 228 g/mol. The molecule has 0 atom stereocenters. The summed E-state index contributed by atoms with van der Waals surface area (Å²) >= 11 is 5.71. The van der Waals surface area contributed by atoms with Crippen LogP contribution in [0.15, 0.2) is 12.3 Å². The Morgan fingerprint density at radius 1 is 1.47 bits per heavy atom. The van der Waals surface area contributed by atoms with Crippen molar-refractivity contribution in [3.63, 3.8) is 0 Å². The topological polar surface area (TPSA) is 29.0 Å². The van der Waals surface area contributed by atoms with Gasteiger partial charge in [0.25, 0.3) is 0 Å².